The summed E-state index contributed by atoms with van der Waals surface area (Å²) in [6.45, 7) is 1.01. The van der Waals surface area contributed by atoms with Gasteiger partial charge in [-0.1, -0.05) is 0 Å². The van der Waals surface area contributed by atoms with E-state index in [0.717, 1.165) is 17.0 Å². The van der Waals surface area contributed by atoms with Crippen LogP contribution in [0.3, 0.4) is 0 Å². The van der Waals surface area contributed by atoms with E-state index in [0.29, 0.717) is 18.9 Å². The number of hydrogen-bond acceptors (Lipinski definition) is 7. The highest BCUT2D eigenvalue weighted by Crippen LogP contribution is 2.32. The highest BCUT2D eigenvalue weighted by molar-refractivity contribution is 5.93. The molecule has 0 aliphatic carbocycles. The van der Waals surface area contributed by atoms with Gasteiger partial charge >= 0.3 is 12.1 Å². The molecule has 3 aromatic rings. The van der Waals surface area contributed by atoms with Crippen molar-refractivity contribution in [1.82, 2.24) is 15.5 Å². The molecular weight excluding hydrogens is 440 g/mol. The summed E-state index contributed by atoms with van der Waals surface area (Å²) in [5, 5.41) is 6.25. The van der Waals surface area contributed by atoms with Crippen molar-refractivity contribution in [1.29, 1.82) is 0 Å². The molecule has 3 amide bonds. The number of pyridine rings is 1. The van der Waals surface area contributed by atoms with Crippen LogP contribution in [0, 0.1) is 11.6 Å². The highest BCUT2D eigenvalue weighted by Gasteiger charge is 2.34. The molecule has 2 aliphatic rings. The van der Waals surface area contributed by atoms with E-state index in [9.17, 15) is 18.4 Å². The Morgan fingerprint density at radius 1 is 1.15 bits per heavy atom. The number of benzene rings is 1. The number of amides is 3. The van der Waals surface area contributed by atoms with Crippen LogP contribution >= 0.6 is 0 Å². The van der Waals surface area contributed by atoms with Gasteiger partial charge in [-0.05, 0) is 29.4 Å². The van der Waals surface area contributed by atoms with Crippen molar-refractivity contribution in [2.45, 2.75) is 6.10 Å². The van der Waals surface area contributed by atoms with Gasteiger partial charge in [0.15, 0.2) is 6.10 Å². The Labute approximate surface area is 185 Å². The van der Waals surface area contributed by atoms with E-state index in [1.807, 2.05) is 0 Å². The van der Waals surface area contributed by atoms with Crippen LogP contribution in [0.5, 0.6) is 5.88 Å². The lowest BCUT2D eigenvalue weighted by molar-refractivity contribution is 0.102. The lowest BCUT2D eigenvalue weighted by Crippen LogP contribution is -2.28. The molecule has 0 radical (unpaired) electrons. The monoisotopic (exact) mass is 457 g/mol. The van der Waals surface area contributed by atoms with Gasteiger partial charge in [0.1, 0.15) is 30.3 Å². The van der Waals surface area contributed by atoms with Crippen LogP contribution in [-0.4, -0.2) is 54.6 Å². The molecule has 0 spiro atoms. The second kappa shape index (κ2) is 8.37. The van der Waals surface area contributed by atoms with Crippen LogP contribution in [0.25, 0.3) is 11.1 Å². The van der Waals surface area contributed by atoms with Gasteiger partial charge in [0.05, 0.1) is 17.8 Å². The SMILES string of the molecule is O=C1O[C@@H](COc2ccon2)CN1c1cc(F)c(-c2ccc(N3CCNC3=O)nc2)c(F)c1. The molecule has 0 bridgehead atoms. The van der Waals surface area contributed by atoms with Gasteiger partial charge in [-0.3, -0.25) is 9.80 Å². The molecule has 1 aromatic carbocycles. The molecular formula is C21H17F2N5O5. The summed E-state index contributed by atoms with van der Waals surface area (Å²) < 4.78 is 45.0. The zero-order valence-electron chi connectivity index (χ0n) is 17.0. The number of urea groups is 1. The average Bonchev–Trinajstić information content (AvgIpc) is 3.54. The van der Waals surface area contributed by atoms with Crippen LogP contribution in [-0.2, 0) is 4.74 Å². The fourth-order valence-electron chi connectivity index (χ4n) is 3.65. The Morgan fingerprint density at radius 2 is 1.97 bits per heavy atom. The summed E-state index contributed by atoms with van der Waals surface area (Å²) in [7, 11) is 0. The normalized spacial score (nSPS) is 17.9. The number of aromatic nitrogens is 2. The number of rotatable bonds is 6. The maximum atomic E-state index is 14.9. The number of halogens is 2. The highest BCUT2D eigenvalue weighted by atomic mass is 19.1. The van der Waals surface area contributed by atoms with Crippen LogP contribution in [0.15, 0.2) is 47.3 Å². The van der Waals surface area contributed by atoms with E-state index in [1.54, 1.807) is 0 Å². The smallest absolute Gasteiger partial charge is 0.414 e. The molecule has 170 valence electrons. The Morgan fingerprint density at radius 3 is 2.61 bits per heavy atom. The summed E-state index contributed by atoms with van der Waals surface area (Å²) in [5.74, 6) is -1.12. The third-order valence-corrected chi connectivity index (χ3v) is 5.21. The van der Waals surface area contributed by atoms with Crippen LogP contribution < -0.4 is 19.9 Å². The molecule has 2 fully saturated rings. The topological polar surface area (TPSA) is 110 Å². The minimum absolute atomic E-state index is 0.00484. The zero-order valence-corrected chi connectivity index (χ0v) is 17.0. The number of ether oxygens (including phenoxy) is 2. The largest absolute Gasteiger partial charge is 0.471 e. The molecule has 12 heteroatoms. The van der Waals surface area contributed by atoms with E-state index < -0.39 is 23.8 Å². The molecule has 4 heterocycles. The molecule has 33 heavy (non-hydrogen) atoms. The number of anilines is 2. The first-order valence-corrected chi connectivity index (χ1v) is 10.0. The van der Waals surface area contributed by atoms with Crippen LogP contribution in [0.1, 0.15) is 0 Å². The Bertz CT molecular complexity index is 1170. The van der Waals surface area contributed by atoms with E-state index >= 15 is 0 Å². The lowest BCUT2D eigenvalue weighted by atomic mass is 10.1. The molecule has 0 unspecified atom stereocenters. The van der Waals surface area contributed by atoms with Crippen LogP contribution in [0.2, 0.25) is 0 Å². The quantitative estimate of drug-likeness (QED) is 0.606. The zero-order chi connectivity index (χ0) is 22.9. The fourth-order valence-corrected chi connectivity index (χ4v) is 3.65. The van der Waals surface area contributed by atoms with Gasteiger partial charge in [-0.15, -0.1) is 0 Å². The summed E-state index contributed by atoms with van der Waals surface area (Å²) >= 11 is 0. The summed E-state index contributed by atoms with van der Waals surface area (Å²) in [6, 6.07) is 6.34. The minimum Gasteiger partial charge on any atom is -0.471 e. The molecule has 2 aromatic heterocycles. The minimum atomic E-state index is -0.867. The predicted molar refractivity (Wildman–Crippen MR) is 110 cm³/mol. The second-order valence-corrected chi connectivity index (χ2v) is 7.34. The van der Waals surface area contributed by atoms with E-state index in [4.69, 9.17) is 9.47 Å². The molecule has 1 N–H and O–H groups in total. The Hall–Kier alpha value is -4.22. The number of carbonyl (C=O) groups is 2. The number of nitrogens with one attached hydrogen (secondary N) is 1. The summed E-state index contributed by atoms with van der Waals surface area (Å²) in [5.41, 5.74) is -0.0778. The number of carbonyl (C=O) groups excluding carboxylic acids is 2. The van der Waals surface area contributed by atoms with Crippen molar-refractivity contribution in [2.75, 3.05) is 36.0 Å². The van der Waals surface area contributed by atoms with E-state index in [1.165, 1.54) is 35.6 Å². The van der Waals surface area contributed by atoms with Gasteiger partial charge < -0.3 is 19.3 Å². The standard InChI is InChI=1S/C21H17F2N5O5/c22-15-7-13(28-10-14(33-21(28)30)11-31-18-3-6-32-26-18)8-16(23)19(15)12-1-2-17(25-9-12)27-5-4-24-20(27)29/h1-3,6-9,14H,4-5,10-11H2,(H,24,29)/t14-/m1/s1. The van der Waals surface area contributed by atoms with E-state index in [-0.39, 0.29) is 41.9 Å². The van der Waals surface area contributed by atoms with Gasteiger partial charge in [-0.25, -0.2) is 23.4 Å². The third kappa shape index (κ3) is 4.02. The van der Waals surface area contributed by atoms with Gasteiger partial charge in [0.25, 0.3) is 5.88 Å². The van der Waals surface area contributed by atoms with Crippen molar-refractivity contribution in [3.05, 3.63) is 54.4 Å². The number of hydrogen-bond donors (Lipinski definition) is 1. The molecule has 5 rings (SSSR count). The van der Waals surface area contributed by atoms with Gasteiger partial charge in [0, 0.05) is 30.9 Å². The molecule has 10 nitrogen and oxygen atoms in total. The van der Waals surface area contributed by atoms with E-state index in [2.05, 4.69) is 20.0 Å². The predicted octanol–water partition coefficient (Wildman–Crippen LogP) is 2.95. The maximum Gasteiger partial charge on any atom is 0.414 e. The molecule has 2 saturated heterocycles. The first kappa shape index (κ1) is 20.7. The Kier molecular flexibility index (Phi) is 5.24. The molecule has 1 atom stereocenters. The summed E-state index contributed by atoms with van der Waals surface area (Å²) in [6.07, 6.45) is 1.23. The fraction of sp³-hybridized carbons (Fsp3) is 0.238. The van der Waals surface area contributed by atoms with Gasteiger partial charge in [0.2, 0.25) is 0 Å². The average molecular weight is 457 g/mol. The number of cyclic esters (lactones) is 1. The summed E-state index contributed by atoms with van der Waals surface area (Å²) in [4.78, 5) is 30.7. The van der Waals surface area contributed by atoms with Crippen molar-refractivity contribution >= 4 is 23.6 Å². The first-order valence-electron chi connectivity index (χ1n) is 10.0. The first-order chi connectivity index (χ1) is 16.0. The van der Waals surface area contributed by atoms with Crippen molar-refractivity contribution in [3.63, 3.8) is 0 Å². The molecule has 2 aliphatic heterocycles. The van der Waals surface area contributed by atoms with Crippen molar-refractivity contribution < 1.29 is 32.4 Å². The lowest BCUT2D eigenvalue weighted by Gasteiger charge is -2.16. The maximum absolute atomic E-state index is 14.9. The van der Waals surface area contributed by atoms with Crippen molar-refractivity contribution in [3.8, 4) is 17.0 Å². The third-order valence-electron chi connectivity index (χ3n) is 5.21. The second-order valence-electron chi connectivity index (χ2n) is 7.34. The van der Waals surface area contributed by atoms with Crippen molar-refractivity contribution in [2.24, 2.45) is 0 Å². The van der Waals surface area contributed by atoms with Gasteiger partial charge in [-0.2, -0.15) is 0 Å². The Balaban J connectivity index is 1.32. The van der Waals surface area contributed by atoms with Crippen LogP contribution in [0.4, 0.5) is 29.9 Å². The molecule has 0 saturated carbocycles. The number of nitrogens with zero attached hydrogens (tertiary/aromatic N) is 4.